The highest BCUT2D eigenvalue weighted by atomic mass is 35.5. The first-order chi connectivity index (χ1) is 8.60. The zero-order valence-corrected chi connectivity index (χ0v) is 10.7. The van der Waals surface area contributed by atoms with Gasteiger partial charge in [0.1, 0.15) is 5.02 Å². The van der Waals surface area contributed by atoms with Gasteiger partial charge in [-0.2, -0.15) is 4.98 Å². The van der Waals surface area contributed by atoms with Crippen LogP contribution in [0, 0.1) is 6.92 Å². The smallest absolute Gasteiger partial charge is 0.319 e. The van der Waals surface area contributed by atoms with Gasteiger partial charge >= 0.3 is 6.01 Å². The van der Waals surface area contributed by atoms with Crippen LogP contribution in [-0.4, -0.2) is 17.1 Å². The lowest BCUT2D eigenvalue weighted by Crippen LogP contribution is -1.97. The third-order valence-corrected chi connectivity index (χ3v) is 2.50. The number of nitrogens with zero attached hydrogens (tertiary/aromatic N) is 2. The number of benzene rings is 1. The highest BCUT2D eigenvalue weighted by Crippen LogP contribution is 2.31. The molecule has 94 valence electrons. The lowest BCUT2D eigenvalue weighted by Gasteiger charge is -2.09. The van der Waals surface area contributed by atoms with Gasteiger partial charge in [0, 0.05) is 0 Å². The second-order valence-corrected chi connectivity index (χ2v) is 4.06. The van der Waals surface area contributed by atoms with E-state index in [1.807, 2.05) is 19.1 Å². The molecule has 0 atom stereocenters. The van der Waals surface area contributed by atoms with Gasteiger partial charge in [-0.25, -0.2) is 4.98 Å². The van der Waals surface area contributed by atoms with Crippen LogP contribution in [-0.2, 0) is 0 Å². The van der Waals surface area contributed by atoms with Crippen LogP contribution in [0.5, 0.6) is 17.6 Å². The van der Waals surface area contributed by atoms with Gasteiger partial charge in [-0.1, -0.05) is 17.7 Å². The lowest BCUT2D eigenvalue weighted by atomic mass is 10.2. The van der Waals surface area contributed by atoms with Gasteiger partial charge in [-0.15, -0.1) is 0 Å². The molecule has 0 saturated carbocycles. The van der Waals surface area contributed by atoms with Crippen LogP contribution >= 0.6 is 11.6 Å². The Morgan fingerprint density at radius 2 is 2.11 bits per heavy atom. The molecule has 6 heteroatoms. The van der Waals surface area contributed by atoms with Crippen LogP contribution in [0.3, 0.4) is 0 Å². The predicted molar refractivity (Wildman–Crippen MR) is 69.3 cm³/mol. The average Bonchev–Trinajstić information content (AvgIpc) is 2.35. The summed E-state index contributed by atoms with van der Waals surface area (Å²) in [5, 5.41) is 0.288. The van der Waals surface area contributed by atoms with Crippen molar-refractivity contribution in [1.82, 2.24) is 9.97 Å². The molecule has 1 heterocycles. The number of nitrogens with two attached hydrogens (primary N) is 1. The summed E-state index contributed by atoms with van der Waals surface area (Å²) in [5.74, 6) is 0.697. The number of methoxy groups -OCH3 is 1. The number of nitrogen functional groups attached to an aromatic ring is 1. The van der Waals surface area contributed by atoms with Crippen LogP contribution < -0.4 is 15.2 Å². The summed E-state index contributed by atoms with van der Waals surface area (Å²) in [6.45, 7) is 1.95. The minimum Gasteiger partial charge on any atom is -0.467 e. The quantitative estimate of drug-likeness (QED) is 0.864. The first kappa shape index (κ1) is 12.4. The number of anilines is 1. The van der Waals surface area contributed by atoms with E-state index in [-0.39, 0.29) is 16.9 Å². The Hall–Kier alpha value is -2.01. The lowest BCUT2D eigenvalue weighted by molar-refractivity contribution is 0.366. The van der Waals surface area contributed by atoms with Crippen molar-refractivity contribution in [2.75, 3.05) is 12.8 Å². The average molecular weight is 266 g/mol. The molecule has 5 nitrogen and oxygen atoms in total. The van der Waals surface area contributed by atoms with E-state index >= 15 is 0 Å². The van der Waals surface area contributed by atoms with Crippen LogP contribution in [0.2, 0.25) is 5.02 Å². The first-order valence-electron chi connectivity index (χ1n) is 5.20. The van der Waals surface area contributed by atoms with E-state index in [0.717, 1.165) is 5.56 Å². The molecule has 0 spiro atoms. The topological polar surface area (TPSA) is 70.3 Å². The van der Waals surface area contributed by atoms with E-state index in [0.29, 0.717) is 11.4 Å². The van der Waals surface area contributed by atoms with Crippen molar-refractivity contribution in [3.63, 3.8) is 0 Å². The zero-order chi connectivity index (χ0) is 13.1. The number of hydrogen-bond acceptors (Lipinski definition) is 5. The zero-order valence-electron chi connectivity index (χ0n) is 9.98. The molecule has 0 aliphatic heterocycles. The predicted octanol–water partition coefficient (Wildman–Crippen LogP) is 2.82. The van der Waals surface area contributed by atoms with Gasteiger partial charge in [0.05, 0.1) is 19.0 Å². The van der Waals surface area contributed by atoms with Gasteiger partial charge in [-0.3, -0.25) is 0 Å². The van der Waals surface area contributed by atoms with Crippen molar-refractivity contribution in [3.05, 3.63) is 35.0 Å². The maximum atomic E-state index is 5.94. The van der Waals surface area contributed by atoms with Crippen LogP contribution in [0.15, 0.2) is 24.4 Å². The third kappa shape index (κ3) is 2.62. The molecule has 0 radical (unpaired) electrons. The van der Waals surface area contributed by atoms with Crippen molar-refractivity contribution in [2.45, 2.75) is 6.92 Å². The molecule has 2 rings (SSSR count). The molecule has 2 aromatic rings. The number of aryl methyl sites for hydroxylation is 1. The third-order valence-electron chi connectivity index (χ3n) is 2.24. The van der Waals surface area contributed by atoms with Crippen molar-refractivity contribution >= 4 is 17.3 Å². The second-order valence-electron chi connectivity index (χ2n) is 3.65. The molecule has 18 heavy (non-hydrogen) atoms. The number of rotatable bonds is 3. The molecule has 2 N–H and O–H groups in total. The van der Waals surface area contributed by atoms with Crippen LogP contribution in [0.1, 0.15) is 5.56 Å². The van der Waals surface area contributed by atoms with Crippen molar-refractivity contribution in [1.29, 1.82) is 0 Å². The van der Waals surface area contributed by atoms with Gasteiger partial charge in [0.2, 0.25) is 5.88 Å². The van der Waals surface area contributed by atoms with Crippen molar-refractivity contribution < 1.29 is 9.47 Å². The Balaban J connectivity index is 2.33. The molecule has 0 aliphatic carbocycles. The molecule has 0 aliphatic rings. The van der Waals surface area contributed by atoms with Gasteiger partial charge in [0.15, 0.2) is 5.75 Å². The molecular weight excluding hydrogens is 254 g/mol. The van der Waals surface area contributed by atoms with E-state index in [2.05, 4.69) is 9.97 Å². The molecule has 0 fully saturated rings. The molecule has 0 saturated heterocycles. The monoisotopic (exact) mass is 265 g/mol. The SMILES string of the molecule is COc1ncc(Cl)c(Oc2ccc(C)cc2N)n1. The summed E-state index contributed by atoms with van der Waals surface area (Å²) in [7, 11) is 1.47. The maximum Gasteiger partial charge on any atom is 0.319 e. The summed E-state index contributed by atoms with van der Waals surface area (Å²) >= 11 is 5.94. The fourth-order valence-corrected chi connectivity index (χ4v) is 1.50. The Morgan fingerprint density at radius 1 is 1.33 bits per heavy atom. The van der Waals surface area contributed by atoms with Gasteiger partial charge in [-0.05, 0) is 24.6 Å². The summed E-state index contributed by atoms with van der Waals surface area (Å²) in [4.78, 5) is 7.87. The summed E-state index contributed by atoms with van der Waals surface area (Å²) in [6.07, 6.45) is 1.41. The fourth-order valence-electron chi connectivity index (χ4n) is 1.37. The highest BCUT2D eigenvalue weighted by molar-refractivity contribution is 6.31. The van der Waals surface area contributed by atoms with E-state index in [1.165, 1.54) is 13.3 Å². The van der Waals surface area contributed by atoms with E-state index in [9.17, 15) is 0 Å². The molecule has 0 bridgehead atoms. The van der Waals surface area contributed by atoms with Crippen molar-refractivity contribution in [2.24, 2.45) is 0 Å². The fraction of sp³-hybridized carbons (Fsp3) is 0.167. The Morgan fingerprint density at radius 3 is 2.78 bits per heavy atom. The molecule has 1 aromatic carbocycles. The number of halogens is 1. The summed E-state index contributed by atoms with van der Waals surface area (Å²) < 4.78 is 10.5. The first-order valence-corrected chi connectivity index (χ1v) is 5.58. The number of ether oxygens (including phenoxy) is 2. The normalized spacial score (nSPS) is 10.2. The molecule has 0 unspecified atom stereocenters. The minimum atomic E-state index is 0.181. The largest absolute Gasteiger partial charge is 0.467 e. The van der Waals surface area contributed by atoms with Crippen LogP contribution in [0.25, 0.3) is 0 Å². The summed E-state index contributed by atoms with van der Waals surface area (Å²) in [5.41, 5.74) is 7.41. The van der Waals surface area contributed by atoms with Gasteiger partial charge in [0.25, 0.3) is 0 Å². The Kier molecular flexibility index (Phi) is 3.53. The standard InChI is InChI=1S/C12H12ClN3O2/c1-7-3-4-10(9(14)5-7)18-11-8(13)6-15-12(16-11)17-2/h3-6H,14H2,1-2H3. The molecule has 0 amide bonds. The number of hydrogen-bond donors (Lipinski definition) is 1. The van der Waals surface area contributed by atoms with E-state index in [4.69, 9.17) is 26.8 Å². The Bertz CT molecular complexity index is 575. The molecule has 1 aromatic heterocycles. The van der Waals surface area contributed by atoms with E-state index in [1.54, 1.807) is 6.07 Å². The molecular formula is C12H12ClN3O2. The second kappa shape index (κ2) is 5.10. The van der Waals surface area contributed by atoms with Crippen LogP contribution in [0.4, 0.5) is 5.69 Å². The van der Waals surface area contributed by atoms with Gasteiger partial charge < -0.3 is 15.2 Å². The van der Waals surface area contributed by atoms with Crippen molar-refractivity contribution in [3.8, 4) is 17.6 Å². The maximum absolute atomic E-state index is 5.94. The number of aromatic nitrogens is 2. The summed E-state index contributed by atoms with van der Waals surface area (Å²) in [6, 6.07) is 5.63. The van der Waals surface area contributed by atoms with E-state index < -0.39 is 0 Å². The highest BCUT2D eigenvalue weighted by Gasteiger charge is 2.10. The minimum absolute atomic E-state index is 0.181. The Labute approximate surface area is 110 Å².